The molecule has 0 radical (unpaired) electrons. The maximum Gasteiger partial charge on any atom is 0.128 e. The molecule has 6 heteroatoms. The van der Waals surface area contributed by atoms with Crippen LogP contribution in [0.25, 0.3) is 0 Å². The number of anilines is 1. The first kappa shape index (κ1) is 13.7. The zero-order chi connectivity index (χ0) is 14.0. The maximum absolute atomic E-state index is 13.8. The molecule has 1 aromatic carbocycles. The summed E-state index contributed by atoms with van der Waals surface area (Å²) in [7, 11) is 1.62. The third-order valence-corrected chi connectivity index (χ3v) is 2.99. The van der Waals surface area contributed by atoms with Gasteiger partial charge in [0.05, 0.1) is 11.1 Å². The molecule has 0 aliphatic rings. The van der Waals surface area contributed by atoms with E-state index in [4.69, 9.17) is 17.3 Å². The van der Waals surface area contributed by atoms with Gasteiger partial charge in [-0.1, -0.05) is 11.6 Å². The molecule has 0 aliphatic heterocycles. The van der Waals surface area contributed by atoms with E-state index in [1.54, 1.807) is 13.1 Å². The van der Waals surface area contributed by atoms with E-state index in [1.165, 1.54) is 6.20 Å². The molecular weight excluding hydrogens is 272 g/mol. The van der Waals surface area contributed by atoms with Crippen molar-refractivity contribution in [3.8, 4) is 0 Å². The number of aromatic nitrogens is 1. The predicted molar refractivity (Wildman–Crippen MR) is 70.9 cm³/mol. The number of nitrogens with zero attached hydrogens (tertiary/aromatic N) is 1. The van der Waals surface area contributed by atoms with Gasteiger partial charge in [-0.2, -0.15) is 0 Å². The lowest BCUT2D eigenvalue weighted by atomic mass is 9.98. The second kappa shape index (κ2) is 5.50. The summed E-state index contributed by atoms with van der Waals surface area (Å²) in [6.07, 6.45) is 1.40. The molecular formula is C13H12ClF2N3. The average molecular weight is 284 g/mol. The third-order valence-electron chi connectivity index (χ3n) is 2.78. The van der Waals surface area contributed by atoms with Gasteiger partial charge in [-0.05, 0) is 31.3 Å². The highest BCUT2D eigenvalue weighted by Gasteiger charge is 2.20. The summed E-state index contributed by atoms with van der Waals surface area (Å²) in [6.45, 7) is 0. The lowest BCUT2D eigenvalue weighted by Crippen LogP contribution is -2.21. The largest absolute Gasteiger partial charge is 0.383 e. The summed E-state index contributed by atoms with van der Waals surface area (Å²) in [5.41, 5.74) is 6.42. The second-order valence-corrected chi connectivity index (χ2v) is 4.45. The molecule has 0 saturated carbocycles. The van der Waals surface area contributed by atoms with Gasteiger partial charge in [-0.15, -0.1) is 0 Å². The Bertz CT molecular complexity index is 553. The van der Waals surface area contributed by atoms with Gasteiger partial charge in [-0.3, -0.25) is 0 Å². The highest BCUT2D eigenvalue weighted by atomic mass is 35.5. The SMILES string of the molecule is CNC(c1cc(F)ccc1F)c1cc(Cl)cnc1N. The third kappa shape index (κ3) is 2.83. The molecule has 0 amide bonds. The van der Waals surface area contributed by atoms with Crippen molar-refractivity contribution in [3.05, 3.63) is 58.2 Å². The molecule has 0 saturated heterocycles. The van der Waals surface area contributed by atoms with E-state index in [9.17, 15) is 8.78 Å². The van der Waals surface area contributed by atoms with Gasteiger partial charge >= 0.3 is 0 Å². The first-order valence-electron chi connectivity index (χ1n) is 5.56. The van der Waals surface area contributed by atoms with Crippen molar-refractivity contribution in [1.29, 1.82) is 0 Å². The summed E-state index contributed by atoms with van der Waals surface area (Å²) in [5.74, 6) is -0.835. The summed E-state index contributed by atoms with van der Waals surface area (Å²) < 4.78 is 27.1. The number of nitrogens with two attached hydrogens (primary N) is 1. The molecule has 2 rings (SSSR count). The zero-order valence-corrected chi connectivity index (χ0v) is 10.9. The van der Waals surface area contributed by atoms with Crippen LogP contribution in [0, 0.1) is 11.6 Å². The van der Waals surface area contributed by atoms with Gasteiger partial charge in [0, 0.05) is 17.3 Å². The molecule has 1 heterocycles. The fourth-order valence-corrected chi connectivity index (χ4v) is 2.08. The number of benzene rings is 1. The minimum atomic E-state index is -0.623. The monoisotopic (exact) mass is 283 g/mol. The minimum absolute atomic E-state index is 0.151. The Morgan fingerprint density at radius 1 is 1.26 bits per heavy atom. The number of nitrogen functional groups attached to an aromatic ring is 1. The minimum Gasteiger partial charge on any atom is -0.383 e. The molecule has 3 N–H and O–H groups in total. The Labute approximate surface area is 114 Å². The molecule has 1 atom stereocenters. The van der Waals surface area contributed by atoms with E-state index in [2.05, 4.69) is 10.3 Å². The van der Waals surface area contributed by atoms with Gasteiger partial charge in [-0.25, -0.2) is 13.8 Å². The highest BCUT2D eigenvalue weighted by molar-refractivity contribution is 6.30. The molecule has 0 bridgehead atoms. The van der Waals surface area contributed by atoms with E-state index >= 15 is 0 Å². The van der Waals surface area contributed by atoms with Crippen LogP contribution in [0.1, 0.15) is 17.2 Å². The number of halogens is 3. The van der Waals surface area contributed by atoms with E-state index in [0.29, 0.717) is 10.6 Å². The zero-order valence-electron chi connectivity index (χ0n) is 10.1. The number of hydrogen-bond acceptors (Lipinski definition) is 3. The molecule has 0 fully saturated rings. The highest BCUT2D eigenvalue weighted by Crippen LogP contribution is 2.29. The summed E-state index contributed by atoms with van der Waals surface area (Å²) >= 11 is 5.86. The van der Waals surface area contributed by atoms with Crippen LogP contribution in [-0.4, -0.2) is 12.0 Å². The quantitative estimate of drug-likeness (QED) is 0.911. The predicted octanol–water partition coefficient (Wildman–Crippen LogP) is 2.90. The number of pyridine rings is 1. The lowest BCUT2D eigenvalue weighted by molar-refractivity contribution is 0.558. The van der Waals surface area contributed by atoms with E-state index in [-0.39, 0.29) is 11.4 Å². The average Bonchev–Trinajstić information content (AvgIpc) is 2.38. The van der Waals surface area contributed by atoms with Crippen molar-refractivity contribution in [2.75, 3.05) is 12.8 Å². The normalized spacial score (nSPS) is 12.4. The van der Waals surface area contributed by atoms with E-state index in [1.807, 2.05) is 0 Å². The van der Waals surface area contributed by atoms with E-state index < -0.39 is 17.7 Å². The first-order chi connectivity index (χ1) is 9.02. The van der Waals surface area contributed by atoms with Gasteiger partial charge in [0.15, 0.2) is 0 Å². The van der Waals surface area contributed by atoms with Crippen molar-refractivity contribution in [2.24, 2.45) is 0 Å². The van der Waals surface area contributed by atoms with Crippen LogP contribution >= 0.6 is 11.6 Å². The number of hydrogen-bond donors (Lipinski definition) is 2. The van der Waals surface area contributed by atoms with Crippen molar-refractivity contribution in [3.63, 3.8) is 0 Å². The van der Waals surface area contributed by atoms with Crippen LogP contribution in [0.3, 0.4) is 0 Å². The van der Waals surface area contributed by atoms with Crippen molar-refractivity contribution >= 4 is 17.4 Å². The van der Waals surface area contributed by atoms with Crippen LogP contribution in [0.4, 0.5) is 14.6 Å². The van der Waals surface area contributed by atoms with Gasteiger partial charge in [0.2, 0.25) is 0 Å². The Morgan fingerprint density at radius 2 is 2.00 bits per heavy atom. The molecule has 3 nitrogen and oxygen atoms in total. The molecule has 0 aliphatic carbocycles. The summed E-state index contributed by atoms with van der Waals surface area (Å²) in [5, 5.41) is 3.26. The Balaban J connectivity index is 2.55. The van der Waals surface area contributed by atoms with Gasteiger partial charge in [0.1, 0.15) is 17.5 Å². The molecule has 1 aromatic heterocycles. The molecule has 2 aromatic rings. The van der Waals surface area contributed by atoms with Gasteiger partial charge < -0.3 is 11.1 Å². The standard InChI is InChI=1S/C13H12ClF2N3/c1-18-12(9-5-8(15)2-3-11(9)16)10-4-7(14)6-19-13(10)17/h2-6,12,18H,1H3,(H2,17,19). The molecule has 19 heavy (non-hydrogen) atoms. The van der Waals surface area contributed by atoms with E-state index in [0.717, 1.165) is 18.2 Å². The van der Waals surface area contributed by atoms with Crippen LogP contribution in [0.15, 0.2) is 30.5 Å². The van der Waals surface area contributed by atoms with Crippen LogP contribution in [0.5, 0.6) is 0 Å². The Morgan fingerprint density at radius 3 is 2.68 bits per heavy atom. The number of nitrogens with one attached hydrogen (secondary N) is 1. The topological polar surface area (TPSA) is 50.9 Å². The fraction of sp³-hybridized carbons (Fsp3) is 0.154. The number of rotatable bonds is 3. The second-order valence-electron chi connectivity index (χ2n) is 4.02. The molecule has 1 unspecified atom stereocenters. The lowest BCUT2D eigenvalue weighted by Gasteiger charge is -2.19. The van der Waals surface area contributed by atoms with Crippen molar-refractivity contribution in [2.45, 2.75) is 6.04 Å². The Kier molecular flexibility index (Phi) is 3.97. The summed E-state index contributed by atoms with van der Waals surface area (Å²) in [4.78, 5) is 3.91. The fourth-order valence-electron chi connectivity index (χ4n) is 1.91. The van der Waals surface area contributed by atoms with Crippen molar-refractivity contribution in [1.82, 2.24) is 10.3 Å². The van der Waals surface area contributed by atoms with Crippen LogP contribution in [0.2, 0.25) is 5.02 Å². The van der Waals surface area contributed by atoms with Crippen LogP contribution < -0.4 is 11.1 Å². The Hall–Kier alpha value is -1.72. The van der Waals surface area contributed by atoms with Crippen molar-refractivity contribution < 1.29 is 8.78 Å². The smallest absolute Gasteiger partial charge is 0.128 e. The van der Waals surface area contributed by atoms with Crippen LogP contribution in [-0.2, 0) is 0 Å². The maximum atomic E-state index is 13.8. The molecule has 0 spiro atoms. The van der Waals surface area contributed by atoms with Gasteiger partial charge in [0.25, 0.3) is 0 Å². The molecule has 100 valence electrons. The first-order valence-corrected chi connectivity index (χ1v) is 5.94. The summed E-state index contributed by atoms with van der Waals surface area (Å²) in [6, 6.07) is 4.21.